The highest BCUT2D eigenvalue weighted by Crippen LogP contribution is 1.89. The lowest BCUT2D eigenvalue weighted by atomic mass is 10.3. The molecule has 0 saturated carbocycles. The van der Waals surface area contributed by atoms with Gasteiger partial charge in [0.2, 0.25) is 0 Å². The molecule has 1 N–H and O–H groups in total. The summed E-state index contributed by atoms with van der Waals surface area (Å²) in [4.78, 5) is 20.0. The molecule has 0 radical (unpaired) electrons. The number of carboxylic acids is 1. The van der Waals surface area contributed by atoms with E-state index in [-0.39, 0.29) is 25.2 Å². The Balaban J connectivity index is 0. The molecule has 0 fully saturated rings. The number of carbonyl (C=O) groups excluding carboxylic acids is 1. The van der Waals surface area contributed by atoms with Gasteiger partial charge in [-0.05, 0) is 0 Å². The molecule has 0 aliphatic carbocycles. The minimum atomic E-state index is -0.986. The van der Waals surface area contributed by atoms with Crippen LogP contribution in [0.4, 0.5) is 0 Å². The van der Waals surface area contributed by atoms with E-state index in [1.165, 1.54) is 7.11 Å². The zero-order chi connectivity index (χ0) is 7.28. The topological polar surface area (TPSA) is 63.6 Å². The first-order valence-corrected chi connectivity index (χ1v) is 2.45. The first-order valence-electron chi connectivity index (χ1n) is 2.45. The number of rotatable bonds is 3. The Morgan fingerprint density at radius 2 is 1.90 bits per heavy atom. The summed E-state index contributed by atoms with van der Waals surface area (Å²) in [5, 5.41) is 8.05. The van der Waals surface area contributed by atoms with E-state index < -0.39 is 11.9 Å². The molecular weight excluding hydrogens is 160 g/mol. The number of hydrogen-bond donors (Lipinski definition) is 1. The molecule has 0 saturated heterocycles. The van der Waals surface area contributed by atoms with Gasteiger partial charge in [-0.1, -0.05) is 0 Å². The molecule has 0 amide bonds. The van der Waals surface area contributed by atoms with Gasteiger partial charge in [0.15, 0.2) is 0 Å². The Kier molecular flexibility index (Phi) is 7.60. The van der Waals surface area contributed by atoms with Crippen molar-refractivity contribution in [2.45, 2.75) is 12.8 Å². The first-order chi connectivity index (χ1) is 4.16. The Hall–Kier alpha value is -0.770. The maximum Gasteiger partial charge on any atom is 0.306 e. The molecule has 0 aliphatic heterocycles. The van der Waals surface area contributed by atoms with Crippen LogP contribution in [-0.4, -0.2) is 24.2 Å². The SMILES string of the molecule is COC(=O)CCC(=O)O.[Cl-]. The highest BCUT2D eigenvalue weighted by molar-refractivity contribution is 5.76. The molecular formula is C5H8ClO4-. The molecule has 0 bridgehead atoms. The van der Waals surface area contributed by atoms with E-state index in [9.17, 15) is 9.59 Å². The zero-order valence-corrected chi connectivity index (χ0v) is 6.22. The summed E-state index contributed by atoms with van der Waals surface area (Å²) in [5.74, 6) is -1.47. The first kappa shape index (κ1) is 12.0. The maximum absolute atomic E-state index is 10.2. The lowest BCUT2D eigenvalue weighted by Crippen LogP contribution is -3.00. The van der Waals surface area contributed by atoms with Gasteiger partial charge in [0, 0.05) is 0 Å². The Morgan fingerprint density at radius 3 is 2.20 bits per heavy atom. The molecule has 5 heteroatoms. The van der Waals surface area contributed by atoms with Crippen LogP contribution in [0.25, 0.3) is 0 Å². The van der Waals surface area contributed by atoms with Crippen molar-refractivity contribution in [3.8, 4) is 0 Å². The number of methoxy groups -OCH3 is 1. The van der Waals surface area contributed by atoms with Gasteiger partial charge in [-0.2, -0.15) is 0 Å². The van der Waals surface area contributed by atoms with E-state index in [1.807, 2.05) is 0 Å². The van der Waals surface area contributed by atoms with Crippen molar-refractivity contribution in [2.24, 2.45) is 0 Å². The van der Waals surface area contributed by atoms with Gasteiger partial charge in [0.05, 0.1) is 20.0 Å². The maximum atomic E-state index is 10.2. The van der Waals surface area contributed by atoms with E-state index in [4.69, 9.17) is 5.11 Å². The van der Waals surface area contributed by atoms with Crippen molar-refractivity contribution in [2.75, 3.05) is 7.11 Å². The van der Waals surface area contributed by atoms with Crippen LogP contribution < -0.4 is 12.4 Å². The monoisotopic (exact) mass is 167 g/mol. The number of carboxylic acid groups (broad SMARTS) is 1. The van der Waals surface area contributed by atoms with Gasteiger partial charge in [0.1, 0.15) is 0 Å². The third-order valence-electron chi connectivity index (χ3n) is 0.771. The fraction of sp³-hybridized carbons (Fsp3) is 0.600. The van der Waals surface area contributed by atoms with Crippen LogP contribution in [0.3, 0.4) is 0 Å². The fourth-order valence-electron chi connectivity index (χ4n) is 0.311. The predicted octanol–water partition coefficient (Wildman–Crippen LogP) is -2.97. The van der Waals surface area contributed by atoms with Crippen molar-refractivity contribution >= 4 is 11.9 Å². The van der Waals surface area contributed by atoms with Gasteiger partial charge < -0.3 is 22.3 Å². The summed E-state index contributed by atoms with van der Waals surface area (Å²) in [5.41, 5.74) is 0. The van der Waals surface area contributed by atoms with Crippen LogP contribution >= 0.6 is 0 Å². The summed E-state index contributed by atoms with van der Waals surface area (Å²) >= 11 is 0. The minimum absolute atomic E-state index is 0. The molecule has 0 aliphatic rings. The summed E-state index contributed by atoms with van der Waals surface area (Å²) in [6.45, 7) is 0. The van der Waals surface area contributed by atoms with Crippen LogP contribution in [0.15, 0.2) is 0 Å². The third-order valence-corrected chi connectivity index (χ3v) is 0.771. The smallest absolute Gasteiger partial charge is 0.306 e. The van der Waals surface area contributed by atoms with Crippen molar-refractivity contribution in [3.05, 3.63) is 0 Å². The zero-order valence-electron chi connectivity index (χ0n) is 5.46. The van der Waals surface area contributed by atoms with Gasteiger partial charge >= 0.3 is 11.9 Å². The van der Waals surface area contributed by atoms with Gasteiger partial charge in [-0.15, -0.1) is 0 Å². The van der Waals surface area contributed by atoms with Crippen LogP contribution in [-0.2, 0) is 14.3 Å². The van der Waals surface area contributed by atoms with Crippen molar-refractivity contribution in [1.82, 2.24) is 0 Å². The predicted molar refractivity (Wildman–Crippen MR) is 28.9 cm³/mol. The second kappa shape index (κ2) is 6.35. The highest BCUT2D eigenvalue weighted by Gasteiger charge is 2.02. The fourth-order valence-corrected chi connectivity index (χ4v) is 0.311. The standard InChI is InChI=1S/C5H8O4.ClH/c1-9-5(8)3-2-4(6)7;/h2-3H2,1H3,(H,6,7);1H/p-1. The number of hydrogen-bond acceptors (Lipinski definition) is 3. The number of carbonyl (C=O) groups is 2. The van der Waals surface area contributed by atoms with Crippen LogP contribution in [0, 0.1) is 0 Å². The van der Waals surface area contributed by atoms with Gasteiger partial charge in [-0.3, -0.25) is 9.59 Å². The molecule has 0 rings (SSSR count). The normalized spacial score (nSPS) is 7.70. The van der Waals surface area contributed by atoms with E-state index in [0.717, 1.165) is 0 Å². The van der Waals surface area contributed by atoms with Crippen molar-refractivity contribution in [1.29, 1.82) is 0 Å². The van der Waals surface area contributed by atoms with Crippen LogP contribution in [0.2, 0.25) is 0 Å². The Bertz CT molecular complexity index is 123. The van der Waals surface area contributed by atoms with Crippen molar-refractivity contribution in [3.63, 3.8) is 0 Å². The molecule has 4 nitrogen and oxygen atoms in total. The summed E-state index contributed by atoms with van der Waals surface area (Å²) < 4.78 is 4.20. The average Bonchev–Trinajstić information content (AvgIpc) is 1.83. The van der Waals surface area contributed by atoms with E-state index in [2.05, 4.69) is 4.74 Å². The molecule has 0 aromatic carbocycles. The van der Waals surface area contributed by atoms with Crippen LogP contribution in [0.5, 0.6) is 0 Å². The van der Waals surface area contributed by atoms with Crippen LogP contribution in [0.1, 0.15) is 12.8 Å². The number of esters is 1. The molecule has 0 spiro atoms. The third kappa shape index (κ3) is 7.23. The molecule has 0 aromatic rings. The minimum Gasteiger partial charge on any atom is -1.00 e. The van der Waals surface area contributed by atoms with Gasteiger partial charge in [0.25, 0.3) is 0 Å². The summed E-state index contributed by atoms with van der Waals surface area (Å²) in [6.07, 6.45) is -0.210. The molecule has 10 heavy (non-hydrogen) atoms. The number of ether oxygens (including phenoxy) is 1. The lowest BCUT2D eigenvalue weighted by Gasteiger charge is -1.92. The second-order valence-electron chi connectivity index (χ2n) is 1.47. The van der Waals surface area contributed by atoms with E-state index in [1.54, 1.807) is 0 Å². The molecule has 60 valence electrons. The average molecular weight is 168 g/mol. The lowest BCUT2D eigenvalue weighted by molar-refractivity contribution is -0.145. The van der Waals surface area contributed by atoms with Crippen molar-refractivity contribution < 1.29 is 31.8 Å². The number of halogens is 1. The Morgan fingerprint density at radius 1 is 1.40 bits per heavy atom. The Labute approximate surface area is 64.6 Å². The van der Waals surface area contributed by atoms with E-state index in [0.29, 0.717) is 0 Å². The molecule has 0 heterocycles. The van der Waals surface area contributed by atoms with E-state index >= 15 is 0 Å². The second-order valence-corrected chi connectivity index (χ2v) is 1.47. The molecule has 0 aromatic heterocycles. The molecule has 0 atom stereocenters. The largest absolute Gasteiger partial charge is 1.00 e. The van der Waals surface area contributed by atoms with Gasteiger partial charge in [-0.25, -0.2) is 0 Å². The highest BCUT2D eigenvalue weighted by atomic mass is 35.5. The summed E-state index contributed by atoms with van der Waals surface area (Å²) in [6, 6.07) is 0. The summed E-state index contributed by atoms with van der Waals surface area (Å²) in [7, 11) is 1.23. The molecule has 0 unspecified atom stereocenters. The quantitative estimate of drug-likeness (QED) is 0.456. The number of aliphatic carboxylic acids is 1.